The average molecular weight is 546 g/mol. The summed E-state index contributed by atoms with van der Waals surface area (Å²) in [6, 6.07) is 5.04. The minimum atomic E-state index is -4.10. The van der Waals surface area contributed by atoms with E-state index in [1.165, 1.54) is 14.2 Å². The summed E-state index contributed by atoms with van der Waals surface area (Å²) in [6.45, 7) is 5.95. The summed E-state index contributed by atoms with van der Waals surface area (Å²) in [5, 5.41) is 0. The van der Waals surface area contributed by atoms with Gasteiger partial charge in [-0.25, -0.2) is 32.1 Å². The maximum Gasteiger partial charge on any atom is 0.357 e. The third kappa shape index (κ3) is 3.89. The van der Waals surface area contributed by atoms with E-state index in [-0.39, 0.29) is 35.8 Å². The highest BCUT2D eigenvalue weighted by Gasteiger charge is 2.68. The fourth-order valence-corrected chi connectivity index (χ4v) is 7.63. The van der Waals surface area contributed by atoms with Crippen LogP contribution in [0.25, 0.3) is 0 Å². The Labute approximate surface area is 221 Å². The van der Waals surface area contributed by atoms with Gasteiger partial charge in [-0.1, -0.05) is 37.6 Å². The Morgan fingerprint density at radius 1 is 1.13 bits per heavy atom. The summed E-state index contributed by atoms with van der Waals surface area (Å²) in [7, 11) is -0.595. The van der Waals surface area contributed by atoms with Crippen LogP contribution in [0.4, 0.5) is 5.69 Å². The van der Waals surface area contributed by atoms with Gasteiger partial charge in [0, 0.05) is 12.2 Å². The van der Waals surface area contributed by atoms with Crippen molar-refractivity contribution in [1.82, 2.24) is 4.31 Å². The molecule has 0 radical (unpaired) electrons. The lowest BCUT2D eigenvalue weighted by molar-refractivity contribution is -0.144. The van der Waals surface area contributed by atoms with E-state index in [1.54, 1.807) is 12.1 Å². The summed E-state index contributed by atoms with van der Waals surface area (Å²) in [5.41, 5.74) is -0.402. The number of benzene rings is 1. The number of anilines is 1. The zero-order valence-corrected chi connectivity index (χ0v) is 22.6. The molecule has 0 aromatic heterocycles. The highest BCUT2D eigenvalue weighted by atomic mass is 32.2. The van der Waals surface area contributed by atoms with Crippen molar-refractivity contribution in [2.75, 3.05) is 38.5 Å². The summed E-state index contributed by atoms with van der Waals surface area (Å²) in [5.74, 6) is -2.79. The first-order chi connectivity index (χ1) is 18.1. The molecule has 0 unspecified atom stereocenters. The number of esters is 3. The number of hydrogen-bond donors (Lipinski definition) is 0. The molecule has 0 aliphatic carbocycles. The second-order valence-electron chi connectivity index (χ2n) is 9.22. The predicted molar refractivity (Wildman–Crippen MR) is 139 cm³/mol. The molecule has 1 aromatic rings. The lowest BCUT2D eigenvalue weighted by Crippen LogP contribution is -2.56. The van der Waals surface area contributed by atoms with Crippen LogP contribution in [0.1, 0.15) is 31.7 Å². The molecule has 1 aromatic carbocycles. The number of methoxy groups -OCH3 is 3. The van der Waals surface area contributed by atoms with E-state index in [0.717, 1.165) is 11.4 Å². The van der Waals surface area contributed by atoms with E-state index in [0.29, 0.717) is 24.1 Å². The summed E-state index contributed by atoms with van der Waals surface area (Å²) >= 11 is 0. The molecule has 3 atom stereocenters. The number of sulfonamides is 1. The number of carbonyl (C=O) groups excluding carboxylic acids is 3. The Morgan fingerprint density at radius 2 is 1.82 bits per heavy atom. The van der Waals surface area contributed by atoms with E-state index in [1.807, 2.05) is 30.0 Å². The molecule has 3 aliphatic rings. The normalized spacial score (nSPS) is 23.7. The van der Waals surface area contributed by atoms with Crippen molar-refractivity contribution in [3.05, 3.63) is 53.8 Å². The van der Waals surface area contributed by atoms with Crippen LogP contribution in [0, 0.1) is 0 Å². The number of ether oxygens (including phenoxy) is 3. The molecule has 0 bridgehead atoms. The zero-order valence-electron chi connectivity index (χ0n) is 21.8. The first kappa shape index (κ1) is 27.4. The van der Waals surface area contributed by atoms with Gasteiger partial charge in [0.05, 0.1) is 44.1 Å². The number of rotatable bonds is 9. The van der Waals surface area contributed by atoms with Crippen molar-refractivity contribution in [1.29, 1.82) is 0 Å². The number of carbonyl (C=O) groups is 3. The third-order valence-electron chi connectivity index (χ3n) is 7.26. The molecule has 0 saturated carbocycles. The first-order valence-corrected chi connectivity index (χ1v) is 13.8. The number of aliphatic imine (C=N–C) groups is 1. The molecule has 0 amide bonds. The van der Waals surface area contributed by atoms with Crippen LogP contribution in [0.3, 0.4) is 0 Å². The van der Waals surface area contributed by atoms with E-state index in [4.69, 9.17) is 14.2 Å². The molecule has 3 heterocycles. The molecule has 3 aliphatic heterocycles. The monoisotopic (exact) mass is 545 g/mol. The highest BCUT2D eigenvalue weighted by molar-refractivity contribution is 7.89. The smallest absolute Gasteiger partial charge is 0.357 e. The molecule has 1 spiro atoms. The van der Waals surface area contributed by atoms with E-state index >= 15 is 0 Å². The zero-order chi connectivity index (χ0) is 27.8. The van der Waals surface area contributed by atoms with Crippen molar-refractivity contribution in [3.8, 4) is 0 Å². The minimum Gasteiger partial charge on any atom is -0.467 e. The van der Waals surface area contributed by atoms with Gasteiger partial charge in [-0.15, -0.1) is 6.58 Å². The highest BCUT2D eigenvalue weighted by Crippen LogP contribution is 2.58. The topological polar surface area (TPSA) is 132 Å². The quantitative estimate of drug-likeness (QED) is 0.258. The molecule has 38 heavy (non-hydrogen) atoms. The summed E-state index contributed by atoms with van der Waals surface area (Å²) in [4.78, 5) is 45.8. The molecular weight excluding hydrogens is 514 g/mol. The second kappa shape index (κ2) is 10.2. The lowest BCUT2D eigenvalue weighted by Gasteiger charge is -2.40. The van der Waals surface area contributed by atoms with Gasteiger partial charge in [0.15, 0.2) is 5.70 Å². The van der Waals surface area contributed by atoms with Crippen LogP contribution in [0.15, 0.2) is 53.2 Å². The van der Waals surface area contributed by atoms with Gasteiger partial charge >= 0.3 is 17.9 Å². The van der Waals surface area contributed by atoms with Crippen LogP contribution < -0.4 is 4.90 Å². The van der Waals surface area contributed by atoms with Gasteiger partial charge in [0.2, 0.25) is 10.0 Å². The predicted octanol–water partition coefficient (Wildman–Crippen LogP) is 1.69. The molecule has 204 valence electrons. The van der Waals surface area contributed by atoms with Gasteiger partial charge in [0.1, 0.15) is 11.9 Å². The fraction of sp³-hybridized carbons (Fsp3) is 0.462. The number of hydrogen-bond acceptors (Lipinski definition) is 10. The first-order valence-electron chi connectivity index (χ1n) is 12.2. The average Bonchev–Trinajstić information content (AvgIpc) is 3.42. The Balaban J connectivity index is 2.13. The number of fused-ring (bicyclic) bond motifs is 1. The number of amidine groups is 1. The standard InChI is InChI=1S/C26H31N3O8S/c1-6-8-14-38(33,34)29-18(22(30)35-3)15-26-16-11-9-10-12-17(16)28(13-7-2)21(26)19(23(31)36-4)20(24(32)37-5)27-25(26)29/h7,9-12,18,21H,2,6,8,13-15H2,1,3-5H3/t18-,21-,26-/m0/s1. The second-order valence-corrected chi connectivity index (χ2v) is 11.2. The fourth-order valence-electron chi connectivity index (χ4n) is 5.77. The van der Waals surface area contributed by atoms with Crippen molar-refractivity contribution < 1.29 is 37.0 Å². The third-order valence-corrected chi connectivity index (χ3v) is 9.10. The number of nitrogens with zero attached hydrogens (tertiary/aromatic N) is 3. The number of unbranched alkanes of at least 4 members (excludes halogenated alkanes) is 1. The van der Waals surface area contributed by atoms with Crippen LogP contribution in [-0.4, -0.2) is 82.2 Å². The van der Waals surface area contributed by atoms with Gasteiger partial charge in [-0.3, -0.25) is 0 Å². The molecular formula is C26H31N3O8S. The largest absolute Gasteiger partial charge is 0.467 e. The number of para-hydroxylation sites is 1. The Bertz CT molecular complexity index is 1350. The van der Waals surface area contributed by atoms with Gasteiger partial charge in [-0.2, -0.15) is 0 Å². The van der Waals surface area contributed by atoms with E-state index in [9.17, 15) is 22.8 Å². The molecule has 4 rings (SSSR count). The summed E-state index contributed by atoms with van der Waals surface area (Å²) < 4.78 is 43.6. The molecule has 1 saturated heterocycles. The van der Waals surface area contributed by atoms with Crippen LogP contribution in [0.5, 0.6) is 0 Å². The van der Waals surface area contributed by atoms with Gasteiger partial charge in [-0.05, 0) is 24.5 Å². The van der Waals surface area contributed by atoms with Crippen molar-refractivity contribution in [2.24, 2.45) is 4.99 Å². The Morgan fingerprint density at radius 3 is 2.42 bits per heavy atom. The SMILES string of the molecule is C=CCN1c2ccccc2[C@]23C[C@@H](C(=O)OC)N(S(=O)(=O)CCCC)C2=NC(C(=O)OC)=C(C(=O)OC)[C@H]13. The molecule has 1 fully saturated rings. The van der Waals surface area contributed by atoms with Crippen molar-refractivity contribution >= 4 is 39.5 Å². The van der Waals surface area contributed by atoms with Crippen LogP contribution in [-0.2, 0) is 44.0 Å². The summed E-state index contributed by atoms with van der Waals surface area (Å²) in [6.07, 6.45) is 2.53. The van der Waals surface area contributed by atoms with Gasteiger partial charge < -0.3 is 19.1 Å². The van der Waals surface area contributed by atoms with E-state index < -0.39 is 45.4 Å². The van der Waals surface area contributed by atoms with Crippen LogP contribution in [0.2, 0.25) is 0 Å². The van der Waals surface area contributed by atoms with Gasteiger partial charge in [0.25, 0.3) is 0 Å². The molecule has 11 nitrogen and oxygen atoms in total. The molecule has 12 heteroatoms. The maximum atomic E-state index is 13.8. The Kier molecular flexibility index (Phi) is 7.37. The minimum absolute atomic E-state index is 0.0268. The van der Waals surface area contributed by atoms with Crippen molar-refractivity contribution in [3.63, 3.8) is 0 Å². The maximum absolute atomic E-state index is 13.8. The van der Waals surface area contributed by atoms with Crippen molar-refractivity contribution in [2.45, 2.75) is 43.7 Å². The Hall–Kier alpha value is -3.67. The lowest BCUT2D eigenvalue weighted by atomic mass is 9.69. The molecule has 0 N–H and O–H groups in total. The van der Waals surface area contributed by atoms with Crippen LogP contribution >= 0.6 is 0 Å². The van der Waals surface area contributed by atoms with E-state index in [2.05, 4.69) is 11.6 Å².